The second-order valence-electron chi connectivity index (χ2n) is 2.58. The third-order valence-electron chi connectivity index (χ3n) is 1.45. The van der Waals surface area contributed by atoms with Gasteiger partial charge in [-0.1, -0.05) is 0 Å². The fourth-order valence-corrected chi connectivity index (χ4v) is 0.904. The molecule has 4 N–H and O–H groups in total. The van der Waals surface area contributed by atoms with E-state index in [1.165, 1.54) is 0 Å². The molecule has 0 unspecified atom stereocenters. The van der Waals surface area contributed by atoms with Crippen molar-refractivity contribution in [3.8, 4) is 5.88 Å². The van der Waals surface area contributed by atoms with Gasteiger partial charge in [-0.05, 0) is 6.07 Å². The molecule has 0 aliphatic heterocycles. The monoisotopic (exact) mass is 225 g/mol. The summed E-state index contributed by atoms with van der Waals surface area (Å²) in [7, 11) is 0. The lowest BCUT2D eigenvalue weighted by molar-refractivity contribution is -0.277. The summed E-state index contributed by atoms with van der Waals surface area (Å²) in [6, 6.07) is 1.04. The molecule has 8 heteroatoms. The van der Waals surface area contributed by atoms with Gasteiger partial charge in [-0.2, -0.15) is 4.98 Å². The molecule has 0 radical (unpaired) electrons. The number of nitrogen functional groups attached to an aromatic ring is 1. The van der Waals surface area contributed by atoms with E-state index in [1.54, 1.807) is 0 Å². The van der Waals surface area contributed by atoms with Crippen molar-refractivity contribution < 1.29 is 22.3 Å². The Morgan fingerprint density at radius 2 is 2.00 bits per heavy atom. The standard InChI is InChI=1S/C7H7F4N3O/c8-5-3(2-12)1-4(13)14-6(5)15-7(9,10)11/h1H,2,12H2,(H2,13,14). The quantitative estimate of drug-likeness (QED) is 0.740. The molecule has 0 spiro atoms. The summed E-state index contributed by atoms with van der Waals surface area (Å²) in [4.78, 5) is 3.07. The van der Waals surface area contributed by atoms with Gasteiger partial charge in [0.05, 0.1) is 0 Å². The Kier molecular flexibility index (Phi) is 2.98. The van der Waals surface area contributed by atoms with Gasteiger partial charge in [-0.15, -0.1) is 13.2 Å². The minimum atomic E-state index is -5.02. The molecule has 4 nitrogen and oxygen atoms in total. The minimum Gasteiger partial charge on any atom is -0.385 e. The molecule has 1 heterocycles. The number of anilines is 1. The lowest BCUT2D eigenvalue weighted by Gasteiger charge is -2.10. The SMILES string of the molecule is NCc1cc(N)nc(OC(F)(F)F)c1F. The van der Waals surface area contributed by atoms with Gasteiger partial charge in [0.25, 0.3) is 5.88 Å². The number of hydrogen-bond acceptors (Lipinski definition) is 4. The molecule has 1 aromatic heterocycles. The number of hydrogen-bond donors (Lipinski definition) is 2. The molecule has 0 aliphatic carbocycles. The van der Waals surface area contributed by atoms with E-state index < -0.39 is 18.1 Å². The number of halogens is 4. The Balaban J connectivity index is 3.12. The van der Waals surface area contributed by atoms with Crippen LogP contribution in [0.3, 0.4) is 0 Å². The highest BCUT2D eigenvalue weighted by Crippen LogP contribution is 2.26. The zero-order valence-electron chi connectivity index (χ0n) is 7.31. The highest BCUT2D eigenvalue weighted by molar-refractivity contribution is 5.38. The summed E-state index contributed by atoms with van der Waals surface area (Å²) >= 11 is 0. The first-order valence-electron chi connectivity index (χ1n) is 3.74. The van der Waals surface area contributed by atoms with Crippen molar-refractivity contribution in [1.29, 1.82) is 0 Å². The normalized spacial score (nSPS) is 11.5. The van der Waals surface area contributed by atoms with Crippen LogP contribution in [0.5, 0.6) is 5.88 Å². The average Bonchev–Trinajstić information content (AvgIpc) is 2.08. The van der Waals surface area contributed by atoms with E-state index in [-0.39, 0.29) is 17.9 Å². The van der Waals surface area contributed by atoms with Crippen LogP contribution in [0.2, 0.25) is 0 Å². The molecule has 0 amide bonds. The van der Waals surface area contributed by atoms with Gasteiger partial charge < -0.3 is 16.2 Å². The van der Waals surface area contributed by atoms with Crippen LogP contribution >= 0.6 is 0 Å². The van der Waals surface area contributed by atoms with E-state index in [1.807, 2.05) is 0 Å². The van der Waals surface area contributed by atoms with E-state index in [4.69, 9.17) is 11.5 Å². The largest absolute Gasteiger partial charge is 0.574 e. The third kappa shape index (κ3) is 2.94. The van der Waals surface area contributed by atoms with Crippen molar-refractivity contribution in [3.63, 3.8) is 0 Å². The van der Waals surface area contributed by atoms with Crippen LogP contribution in [0.25, 0.3) is 0 Å². The smallest absolute Gasteiger partial charge is 0.385 e. The lowest BCUT2D eigenvalue weighted by atomic mass is 10.2. The second-order valence-corrected chi connectivity index (χ2v) is 2.58. The Hall–Kier alpha value is -1.57. The summed E-state index contributed by atoms with van der Waals surface area (Å²) in [6.07, 6.45) is -5.02. The van der Waals surface area contributed by atoms with E-state index >= 15 is 0 Å². The molecule has 0 fully saturated rings. The van der Waals surface area contributed by atoms with Crippen molar-refractivity contribution in [2.75, 3.05) is 5.73 Å². The van der Waals surface area contributed by atoms with Gasteiger partial charge in [0.15, 0.2) is 5.82 Å². The van der Waals surface area contributed by atoms with Gasteiger partial charge in [-0.25, -0.2) is 4.39 Å². The molecule has 15 heavy (non-hydrogen) atoms. The van der Waals surface area contributed by atoms with Crippen LogP contribution < -0.4 is 16.2 Å². The van der Waals surface area contributed by atoms with Gasteiger partial charge >= 0.3 is 6.36 Å². The number of nitrogens with zero attached hydrogens (tertiary/aromatic N) is 1. The molecule has 0 atom stereocenters. The van der Waals surface area contributed by atoms with Crippen molar-refractivity contribution in [2.24, 2.45) is 5.73 Å². The molecule has 0 saturated carbocycles. The summed E-state index contributed by atoms with van der Waals surface area (Å²) in [5, 5.41) is 0. The van der Waals surface area contributed by atoms with Crippen LogP contribution in [0.4, 0.5) is 23.4 Å². The predicted molar refractivity (Wildman–Crippen MR) is 43.2 cm³/mol. The molecule has 1 rings (SSSR count). The minimum absolute atomic E-state index is 0.193. The summed E-state index contributed by atoms with van der Waals surface area (Å²) in [5.41, 5.74) is 10.0. The number of pyridine rings is 1. The number of rotatable bonds is 2. The maximum absolute atomic E-state index is 13.2. The maximum Gasteiger partial charge on any atom is 0.574 e. The van der Waals surface area contributed by atoms with Crippen LogP contribution in [0.15, 0.2) is 6.07 Å². The fourth-order valence-electron chi connectivity index (χ4n) is 0.904. The highest BCUT2D eigenvalue weighted by Gasteiger charge is 2.33. The number of ether oxygens (including phenoxy) is 1. The molecule has 0 aromatic carbocycles. The van der Waals surface area contributed by atoms with E-state index in [9.17, 15) is 17.6 Å². The molecule has 1 aromatic rings. The molecular formula is C7H7F4N3O. The van der Waals surface area contributed by atoms with Crippen LogP contribution in [-0.2, 0) is 6.54 Å². The topological polar surface area (TPSA) is 74.2 Å². The summed E-state index contributed by atoms with van der Waals surface area (Å²) in [5.74, 6) is -2.77. The number of aromatic nitrogens is 1. The third-order valence-corrected chi connectivity index (χ3v) is 1.45. The fraction of sp³-hybridized carbons (Fsp3) is 0.286. The molecule has 0 saturated heterocycles. The maximum atomic E-state index is 13.2. The first-order chi connectivity index (χ1) is 6.83. The van der Waals surface area contributed by atoms with Crippen molar-refractivity contribution in [1.82, 2.24) is 4.98 Å². The van der Waals surface area contributed by atoms with Crippen LogP contribution in [-0.4, -0.2) is 11.3 Å². The van der Waals surface area contributed by atoms with Crippen LogP contribution in [0, 0.1) is 5.82 Å². The van der Waals surface area contributed by atoms with Crippen molar-refractivity contribution >= 4 is 5.82 Å². The van der Waals surface area contributed by atoms with E-state index in [0.29, 0.717) is 0 Å². The second kappa shape index (κ2) is 3.89. The Bertz CT molecular complexity index is 366. The van der Waals surface area contributed by atoms with Gasteiger partial charge in [0.2, 0.25) is 0 Å². The highest BCUT2D eigenvalue weighted by atomic mass is 19.4. The Labute approximate surface area is 81.8 Å². The van der Waals surface area contributed by atoms with Gasteiger partial charge in [0.1, 0.15) is 5.82 Å². The summed E-state index contributed by atoms with van der Waals surface area (Å²) in [6.45, 7) is -0.299. The number of nitrogens with two attached hydrogens (primary N) is 2. The van der Waals surface area contributed by atoms with Crippen molar-refractivity contribution in [3.05, 3.63) is 17.4 Å². The summed E-state index contributed by atoms with van der Waals surface area (Å²) < 4.78 is 51.9. The predicted octanol–water partition coefficient (Wildman–Crippen LogP) is 1.16. The molecule has 84 valence electrons. The average molecular weight is 225 g/mol. The lowest BCUT2D eigenvalue weighted by Crippen LogP contribution is -2.20. The van der Waals surface area contributed by atoms with Crippen LogP contribution in [0.1, 0.15) is 5.56 Å². The van der Waals surface area contributed by atoms with E-state index in [0.717, 1.165) is 6.07 Å². The zero-order chi connectivity index (χ0) is 11.6. The van der Waals surface area contributed by atoms with Gasteiger partial charge in [-0.3, -0.25) is 0 Å². The Morgan fingerprint density at radius 3 is 2.47 bits per heavy atom. The number of alkyl halides is 3. The molecular weight excluding hydrogens is 218 g/mol. The first kappa shape index (κ1) is 11.5. The van der Waals surface area contributed by atoms with E-state index in [2.05, 4.69) is 9.72 Å². The van der Waals surface area contributed by atoms with Gasteiger partial charge in [0, 0.05) is 12.1 Å². The molecule has 0 bridgehead atoms. The van der Waals surface area contributed by atoms with Crippen molar-refractivity contribution in [2.45, 2.75) is 12.9 Å². The molecule has 0 aliphatic rings. The first-order valence-corrected chi connectivity index (χ1v) is 3.74. The zero-order valence-corrected chi connectivity index (χ0v) is 7.31. The Morgan fingerprint density at radius 1 is 1.40 bits per heavy atom.